The Labute approximate surface area is 111 Å². The third kappa shape index (κ3) is 2.81. The highest BCUT2D eigenvalue weighted by atomic mass is 35.5. The molecule has 0 bridgehead atoms. The summed E-state index contributed by atoms with van der Waals surface area (Å²) in [6.45, 7) is 1.94. The van der Waals surface area contributed by atoms with E-state index in [9.17, 15) is 4.79 Å². The minimum Gasteiger partial charge on any atom is -0.365 e. The van der Waals surface area contributed by atoms with Crippen LogP contribution in [0.3, 0.4) is 0 Å². The van der Waals surface area contributed by atoms with Crippen LogP contribution < -0.4 is 5.32 Å². The normalized spacial score (nSPS) is 22.5. The van der Waals surface area contributed by atoms with Crippen LogP contribution in [0.5, 0.6) is 0 Å². The van der Waals surface area contributed by atoms with Crippen molar-refractivity contribution in [1.29, 1.82) is 5.26 Å². The van der Waals surface area contributed by atoms with Gasteiger partial charge in [0.25, 0.3) is 5.91 Å². The number of halogens is 1. The second-order valence-electron chi connectivity index (χ2n) is 4.30. The van der Waals surface area contributed by atoms with E-state index in [1.807, 2.05) is 13.0 Å². The third-order valence-electron chi connectivity index (χ3n) is 2.88. The van der Waals surface area contributed by atoms with Crippen molar-refractivity contribution >= 4 is 23.2 Å². The van der Waals surface area contributed by atoms with Crippen molar-refractivity contribution in [1.82, 2.24) is 0 Å². The first-order valence-corrected chi connectivity index (χ1v) is 6.14. The molecular formula is C13H13ClN2O2. The van der Waals surface area contributed by atoms with Gasteiger partial charge >= 0.3 is 0 Å². The molecule has 0 spiro atoms. The second kappa shape index (κ2) is 5.38. The summed E-state index contributed by atoms with van der Waals surface area (Å²) in [4.78, 5) is 12.0. The molecule has 4 nitrogen and oxygen atoms in total. The fourth-order valence-corrected chi connectivity index (χ4v) is 2.10. The number of hydrogen-bond donors (Lipinski definition) is 1. The zero-order chi connectivity index (χ0) is 13.1. The number of ether oxygens (including phenoxy) is 1. The molecule has 0 saturated carbocycles. The number of anilines is 1. The van der Waals surface area contributed by atoms with Gasteiger partial charge in [-0.2, -0.15) is 5.26 Å². The predicted octanol–water partition coefficient (Wildman–Crippen LogP) is 2.72. The van der Waals surface area contributed by atoms with Crippen molar-refractivity contribution in [2.24, 2.45) is 0 Å². The molecule has 2 atom stereocenters. The molecule has 18 heavy (non-hydrogen) atoms. The van der Waals surface area contributed by atoms with E-state index in [1.54, 1.807) is 18.2 Å². The lowest BCUT2D eigenvalue weighted by atomic mass is 10.1. The van der Waals surface area contributed by atoms with Gasteiger partial charge in [0.2, 0.25) is 0 Å². The van der Waals surface area contributed by atoms with Crippen LogP contribution in [0.1, 0.15) is 25.3 Å². The van der Waals surface area contributed by atoms with Crippen LogP contribution in [-0.4, -0.2) is 18.1 Å². The summed E-state index contributed by atoms with van der Waals surface area (Å²) >= 11 is 5.85. The lowest BCUT2D eigenvalue weighted by Gasteiger charge is -2.12. The maximum atomic E-state index is 12.0. The Hall–Kier alpha value is -1.57. The fraction of sp³-hybridized carbons (Fsp3) is 0.385. The highest BCUT2D eigenvalue weighted by Gasteiger charge is 2.28. The molecule has 0 aromatic heterocycles. The Morgan fingerprint density at radius 1 is 1.56 bits per heavy atom. The fourth-order valence-electron chi connectivity index (χ4n) is 1.93. The van der Waals surface area contributed by atoms with E-state index in [1.165, 1.54) is 0 Å². The number of carbonyl (C=O) groups excluding carboxylic acids is 1. The molecule has 2 unspecified atom stereocenters. The molecule has 1 N–H and O–H groups in total. The van der Waals surface area contributed by atoms with Gasteiger partial charge in [-0.25, -0.2) is 0 Å². The standard InChI is InChI=1S/C13H13ClN2O2/c1-8-2-5-12(18-8)13(17)16-11-6-10(14)4-3-9(11)7-15/h3-4,6,8,12H,2,5H2,1H3,(H,16,17). The van der Waals surface area contributed by atoms with Crippen LogP contribution >= 0.6 is 11.6 Å². The average Bonchev–Trinajstić information content (AvgIpc) is 2.76. The molecule has 1 aromatic carbocycles. The molecule has 1 fully saturated rings. The van der Waals surface area contributed by atoms with Gasteiger partial charge in [-0.05, 0) is 38.0 Å². The van der Waals surface area contributed by atoms with E-state index in [2.05, 4.69) is 5.32 Å². The Balaban J connectivity index is 2.12. The van der Waals surface area contributed by atoms with Crippen molar-refractivity contribution in [2.75, 3.05) is 5.32 Å². The summed E-state index contributed by atoms with van der Waals surface area (Å²) in [7, 11) is 0. The maximum Gasteiger partial charge on any atom is 0.253 e. The number of amides is 1. The van der Waals surface area contributed by atoms with Crippen molar-refractivity contribution < 1.29 is 9.53 Å². The van der Waals surface area contributed by atoms with E-state index in [-0.39, 0.29) is 12.0 Å². The summed E-state index contributed by atoms with van der Waals surface area (Å²) in [6.07, 6.45) is 1.25. The smallest absolute Gasteiger partial charge is 0.253 e. The molecule has 2 rings (SSSR count). The van der Waals surface area contributed by atoms with Crippen molar-refractivity contribution in [3.8, 4) is 6.07 Å². The van der Waals surface area contributed by atoms with Crippen molar-refractivity contribution in [3.63, 3.8) is 0 Å². The van der Waals surface area contributed by atoms with Gasteiger partial charge in [-0.1, -0.05) is 11.6 Å². The van der Waals surface area contributed by atoms with Crippen LogP contribution in [0.15, 0.2) is 18.2 Å². The SMILES string of the molecule is CC1CCC(C(=O)Nc2cc(Cl)ccc2C#N)O1. The van der Waals surface area contributed by atoms with E-state index in [4.69, 9.17) is 21.6 Å². The summed E-state index contributed by atoms with van der Waals surface area (Å²) in [6, 6.07) is 6.77. The number of nitriles is 1. The van der Waals surface area contributed by atoms with Crippen molar-refractivity contribution in [3.05, 3.63) is 28.8 Å². The number of nitrogens with one attached hydrogen (secondary N) is 1. The predicted molar refractivity (Wildman–Crippen MR) is 68.4 cm³/mol. The largest absolute Gasteiger partial charge is 0.365 e. The Morgan fingerprint density at radius 2 is 2.33 bits per heavy atom. The van der Waals surface area contributed by atoms with Gasteiger partial charge in [-0.15, -0.1) is 0 Å². The molecular weight excluding hydrogens is 252 g/mol. The molecule has 1 amide bonds. The first-order chi connectivity index (χ1) is 8.60. The van der Waals surface area contributed by atoms with E-state index in [0.717, 1.165) is 6.42 Å². The lowest BCUT2D eigenvalue weighted by Crippen LogP contribution is -2.28. The molecule has 1 aliphatic rings. The number of hydrogen-bond acceptors (Lipinski definition) is 3. The van der Waals surface area contributed by atoms with Crippen LogP contribution in [0, 0.1) is 11.3 Å². The molecule has 1 saturated heterocycles. The Morgan fingerprint density at radius 3 is 2.94 bits per heavy atom. The number of nitrogens with zero attached hydrogens (tertiary/aromatic N) is 1. The highest BCUT2D eigenvalue weighted by Crippen LogP contribution is 2.23. The quantitative estimate of drug-likeness (QED) is 0.893. The van der Waals surface area contributed by atoms with Gasteiger partial charge in [-0.3, -0.25) is 4.79 Å². The monoisotopic (exact) mass is 264 g/mol. The van der Waals surface area contributed by atoms with Gasteiger partial charge in [0.05, 0.1) is 17.4 Å². The summed E-state index contributed by atoms with van der Waals surface area (Å²) < 4.78 is 5.47. The van der Waals surface area contributed by atoms with E-state index >= 15 is 0 Å². The average molecular weight is 265 g/mol. The molecule has 94 valence electrons. The van der Waals surface area contributed by atoms with Gasteiger partial charge < -0.3 is 10.1 Å². The van der Waals surface area contributed by atoms with Crippen LogP contribution in [-0.2, 0) is 9.53 Å². The topological polar surface area (TPSA) is 62.1 Å². The summed E-state index contributed by atoms with van der Waals surface area (Å²) in [5.74, 6) is -0.224. The first kappa shape index (κ1) is 12.9. The van der Waals surface area contributed by atoms with E-state index in [0.29, 0.717) is 22.7 Å². The highest BCUT2D eigenvalue weighted by molar-refractivity contribution is 6.31. The van der Waals surface area contributed by atoms with Crippen LogP contribution in [0.25, 0.3) is 0 Å². The van der Waals surface area contributed by atoms with Gasteiger partial charge in [0.15, 0.2) is 0 Å². The summed E-state index contributed by atoms with van der Waals surface area (Å²) in [5.41, 5.74) is 0.817. The van der Waals surface area contributed by atoms with Crippen LogP contribution in [0.4, 0.5) is 5.69 Å². The number of benzene rings is 1. The van der Waals surface area contributed by atoms with Crippen molar-refractivity contribution in [2.45, 2.75) is 32.0 Å². The summed E-state index contributed by atoms with van der Waals surface area (Å²) in [5, 5.41) is 12.1. The first-order valence-electron chi connectivity index (χ1n) is 5.76. The van der Waals surface area contributed by atoms with Gasteiger partial charge in [0.1, 0.15) is 12.2 Å². The van der Waals surface area contributed by atoms with E-state index < -0.39 is 6.10 Å². The minimum absolute atomic E-state index is 0.107. The molecule has 5 heteroatoms. The molecule has 1 heterocycles. The molecule has 0 radical (unpaired) electrons. The molecule has 0 aliphatic carbocycles. The number of rotatable bonds is 2. The maximum absolute atomic E-state index is 12.0. The Kier molecular flexibility index (Phi) is 3.85. The second-order valence-corrected chi connectivity index (χ2v) is 4.74. The zero-order valence-corrected chi connectivity index (χ0v) is 10.7. The minimum atomic E-state index is -0.439. The number of carbonyl (C=O) groups is 1. The molecule has 1 aliphatic heterocycles. The molecule has 1 aromatic rings. The van der Waals surface area contributed by atoms with Crippen LogP contribution in [0.2, 0.25) is 5.02 Å². The third-order valence-corrected chi connectivity index (χ3v) is 3.12. The zero-order valence-electron chi connectivity index (χ0n) is 9.94. The Bertz CT molecular complexity index is 510. The van der Waals surface area contributed by atoms with Gasteiger partial charge in [0, 0.05) is 5.02 Å². The lowest BCUT2D eigenvalue weighted by molar-refractivity contribution is -0.126.